The lowest BCUT2D eigenvalue weighted by Gasteiger charge is -2.13. The summed E-state index contributed by atoms with van der Waals surface area (Å²) in [5, 5.41) is 6.00. The van der Waals surface area contributed by atoms with Crippen molar-refractivity contribution in [1.29, 1.82) is 0 Å². The lowest BCUT2D eigenvalue weighted by atomic mass is 10.0. The van der Waals surface area contributed by atoms with Gasteiger partial charge in [0, 0.05) is 28.5 Å². The molecule has 3 aromatic rings. The molecule has 6 nitrogen and oxygen atoms in total. The number of aliphatic imine (C=N–C) groups is 1. The molecule has 1 aliphatic heterocycles. The molecule has 28 heavy (non-hydrogen) atoms. The average molecular weight is 391 g/mol. The maximum atomic E-state index is 12.7. The number of nitrogens with zero attached hydrogens (tertiary/aromatic N) is 2. The fourth-order valence-corrected chi connectivity index (χ4v) is 3.08. The first kappa shape index (κ1) is 17.9. The Morgan fingerprint density at radius 2 is 1.89 bits per heavy atom. The van der Waals surface area contributed by atoms with E-state index in [1.807, 2.05) is 30.3 Å². The van der Waals surface area contributed by atoms with E-state index in [0.717, 1.165) is 5.56 Å². The largest absolute Gasteiger partial charge is 0.322 e. The summed E-state index contributed by atoms with van der Waals surface area (Å²) in [6.07, 6.45) is 1.90. The molecule has 138 valence electrons. The molecular weight excluding hydrogens is 376 g/mol. The Bertz CT molecular complexity index is 1070. The van der Waals surface area contributed by atoms with Crippen molar-refractivity contribution in [2.24, 2.45) is 4.99 Å². The van der Waals surface area contributed by atoms with Gasteiger partial charge in [-0.25, -0.2) is 4.99 Å². The predicted molar refractivity (Wildman–Crippen MR) is 108 cm³/mol. The highest BCUT2D eigenvalue weighted by molar-refractivity contribution is 6.32. The van der Waals surface area contributed by atoms with Crippen LogP contribution in [0.15, 0.2) is 78.0 Å². The van der Waals surface area contributed by atoms with Gasteiger partial charge in [-0.1, -0.05) is 41.9 Å². The molecular formula is C21H15ClN4O2. The maximum absolute atomic E-state index is 12.7. The molecule has 2 aromatic carbocycles. The van der Waals surface area contributed by atoms with Crippen molar-refractivity contribution in [1.82, 2.24) is 10.3 Å². The molecule has 0 saturated carbocycles. The predicted octanol–water partition coefficient (Wildman–Crippen LogP) is 3.28. The quantitative estimate of drug-likeness (QED) is 0.719. The molecule has 1 aliphatic rings. The van der Waals surface area contributed by atoms with Gasteiger partial charge in [-0.05, 0) is 30.3 Å². The van der Waals surface area contributed by atoms with Gasteiger partial charge in [0.25, 0.3) is 11.8 Å². The van der Waals surface area contributed by atoms with E-state index in [1.54, 1.807) is 36.5 Å². The van der Waals surface area contributed by atoms with Crippen LogP contribution in [0, 0.1) is 0 Å². The number of rotatable bonds is 3. The number of hydrogen-bond acceptors (Lipinski definition) is 4. The highest BCUT2D eigenvalue weighted by atomic mass is 35.5. The minimum atomic E-state index is -1.10. The number of carbonyl (C=O) groups excluding carboxylic acids is 2. The zero-order chi connectivity index (χ0) is 19.5. The zero-order valence-corrected chi connectivity index (χ0v) is 15.4. The molecule has 0 aliphatic carbocycles. The van der Waals surface area contributed by atoms with Crippen LogP contribution in [-0.2, 0) is 4.79 Å². The number of aromatic nitrogens is 1. The van der Waals surface area contributed by atoms with Gasteiger partial charge in [-0.15, -0.1) is 0 Å². The Morgan fingerprint density at radius 3 is 2.64 bits per heavy atom. The van der Waals surface area contributed by atoms with E-state index in [0.29, 0.717) is 27.5 Å². The van der Waals surface area contributed by atoms with Gasteiger partial charge in [0.1, 0.15) is 0 Å². The highest BCUT2D eigenvalue weighted by Crippen LogP contribution is 2.27. The number of benzene rings is 2. The summed E-state index contributed by atoms with van der Waals surface area (Å²) in [6, 6.07) is 17.9. The topological polar surface area (TPSA) is 83.5 Å². The summed E-state index contributed by atoms with van der Waals surface area (Å²) in [5.74, 6) is -0.875. The van der Waals surface area contributed by atoms with E-state index >= 15 is 0 Å². The summed E-state index contributed by atoms with van der Waals surface area (Å²) >= 11 is 6.18. The number of hydrogen-bond donors (Lipinski definition) is 2. The second kappa shape index (κ2) is 7.62. The van der Waals surface area contributed by atoms with Crippen LogP contribution in [-0.4, -0.2) is 28.7 Å². The lowest BCUT2D eigenvalue weighted by molar-refractivity contribution is -0.117. The van der Waals surface area contributed by atoms with Gasteiger partial charge in [0.05, 0.1) is 17.0 Å². The summed E-state index contributed by atoms with van der Waals surface area (Å²) in [7, 11) is 0. The molecule has 7 heteroatoms. The average Bonchev–Trinajstić information content (AvgIpc) is 2.86. The Kier molecular flexibility index (Phi) is 4.87. The number of carbonyl (C=O) groups is 2. The summed E-state index contributed by atoms with van der Waals surface area (Å²) in [5.41, 5.74) is 2.98. The van der Waals surface area contributed by atoms with Crippen LogP contribution in [0.3, 0.4) is 0 Å². The van der Waals surface area contributed by atoms with Crippen molar-refractivity contribution >= 4 is 34.8 Å². The third-order valence-corrected chi connectivity index (χ3v) is 4.48. The monoisotopic (exact) mass is 390 g/mol. The molecule has 1 aromatic heterocycles. The first-order chi connectivity index (χ1) is 13.6. The number of halogens is 1. The van der Waals surface area contributed by atoms with Gasteiger partial charge < -0.3 is 10.6 Å². The molecule has 0 spiro atoms. The second-order valence-electron chi connectivity index (χ2n) is 6.14. The number of amides is 2. The first-order valence-electron chi connectivity index (χ1n) is 8.57. The lowest BCUT2D eigenvalue weighted by Crippen LogP contribution is -2.42. The smallest absolute Gasteiger partial charge is 0.269 e. The van der Waals surface area contributed by atoms with Gasteiger partial charge >= 0.3 is 0 Å². The molecule has 4 rings (SSSR count). The van der Waals surface area contributed by atoms with E-state index < -0.39 is 18.0 Å². The minimum Gasteiger partial charge on any atom is -0.322 e. The molecule has 0 saturated heterocycles. The highest BCUT2D eigenvalue weighted by Gasteiger charge is 2.27. The Hall–Kier alpha value is -3.51. The number of fused-ring (bicyclic) bond motifs is 1. The molecule has 1 atom stereocenters. The third-order valence-electron chi connectivity index (χ3n) is 4.24. The van der Waals surface area contributed by atoms with Crippen molar-refractivity contribution in [3.63, 3.8) is 0 Å². The Labute approximate surface area is 166 Å². The fourth-order valence-electron chi connectivity index (χ4n) is 2.91. The standard InChI is InChI=1S/C21H15ClN4O2/c22-15-8-9-17-16(11-15)18(13-5-2-1-3-6-13)25-19(21(28)24-17)26-20(27)14-7-4-10-23-12-14/h1-12,19H,(H,24,28)(H,26,27). The summed E-state index contributed by atoms with van der Waals surface area (Å²) in [6.45, 7) is 0. The van der Waals surface area contributed by atoms with Gasteiger partial charge in [0.2, 0.25) is 6.17 Å². The number of nitrogens with one attached hydrogen (secondary N) is 2. The molecule has 1 unspecified atom stereocenters. The van der Waals surface area contributed by atoms with Crippen LogP contribution in [0.1, 0.15) is 21.5 Å². The Balaban J connectivity index is 1.77. The van der Waals surface area contributed by atoms with Crippen molar-refractivity contribution < 1.29 is 9.59 Å². The van der Waals surface area contributed by atoms with Crippen LogP contribution < -0.4 is 10.6 Å². The van der Waals surface area contributed by atoms with Crippen molar-refractivity contribution in [2.75, 3.05) is 5.32 Å². The summed E-state index contributed by atoms with van der Waals surface area (Å²) in [4.78, 5) is 33.7. The molecule has 0 fully saturated rings. The van der Waals surface area contributed by atoms with Crippen molar-refractivity contribution in [3.8, 4) is 0 Å². The molecule has 0 radical (unpaired) electrons. The van der Waals surface area contributed by atoms with Gasteiger partial charge in [-0.3, -0.25) is 14.6 Å². The fraction of sp³-hybridized carbons (Fsp3) is 0.0476. The van der Waals surface area contributed by atoms with Crippen LogP contribution in [0.2, 0.25) is 5.02 Å². The maximum Gasteiger partial charge on any atom is 0.269 e. The zero-order valence-electron chi connectivity index (χ0n) is 14.6. The van der Waals surface area contributed by atoms with Crippen LogP contribution in [0.25, 0.3) is 0 Å². The van der Waals surface area contributed by atoms with Crippen molar-refractivity contribution in [3.05, 3.63) is 94.8 Å². The Morgan fingerprint density at radius 1 is 1.07 bits per heavy atom. The van der Waals surface area contributed by atoms with Crippen LogP contribution >= 0.6 is 11.6 Å². The molecule has 2 heterocycles. The van der Waals surface area contributed by atoms with Crippen LogP contribution in [0.5, 0.6) is 0 Å². The van der Waals surface area contributed by atoms with Gasteiger partial charge in [-0.2, -0.15) is 0 Å². The van der Waals surface area contributed by atoms with E-state index in [2.05, 4.69) is 20.6 Å². The first-order valence-corrected chi connectivity index (χ1v) is 8.94. The molecule has 2 amide bonds. The molecule has 2 N–H and O–H groups in total. The van der Waals surface area contributed by atoms with E-state index in [4.69, 9.17) is 11.6 Å². The van der Waals surface area contributed by atoms with Gasteiger partial charge in [0.15, 0.2) is 0 Å². The van der Waals surface area contributed by atoms with Crippen LogP contribution in [0.4, 0.5) is 5.69 Å². The minimum absolute atomic E-state index is 0.344. The molecule has 0 bridgehead atoms. The van der Waals surface area contributed by atoms with E-state index in [9.17, 15) is 9.59 Å². The normalized spacial score (nSPS) is 15.7. The van der Waals surface area contributed by atoms with E-state index in [-0.39, 0.29) is 0 Å². The summed E-state index contributed by atoms with van der Waals surface area (Å²) < 4.78 is 0. The number of benzodiazepines with no additional fused rings is 1. The van der Waals surface area contributed by atoms with Crippen molar-refractivity contribution in [2.45, 2.75) is 6.17 Å². The van der Waals surface area contributed by atoms with E-state index in [1.165, 1.54) is 6.20 Å². The number of anilines is 1. The second-order valence-corrected chi connectivity index (χ2v) is 6.58. The SMILES string of the molecule is O=C(NC1N=C(c2ccccc2)c2cc(Cl)ccc2NC1=O)c1cccnc1. The number of pyridine rings is 1. The third kappa shape index (κ3) is 3.63.